The first-order valence-electron chi connectivity index (χ1n) is 9.81. The minimum Gasteiger partial charge on any atom is -0.296 e. The number of piperidine rings is 1. The monoisotopic (exact) mass is 425 g/mol. The average Bonchev–Trinajstić information content (AvgIpc) is 3.22. The van der Waals surface area contributed by atoms with E-state index in [1.54, 1.807) is 28.9 Å². The molecule has 1 saturated heterocycles. The Morgan fingerprint density at radius 1 is 1.03 bits per heavy atom. The van der Waals surface area contributed by atoms with Gasteiger partial charge in [0.1, 0.15) is 0 Å². The summed E-state index contributed by atoms with van der Waals surface area (Å²) >= 11 is 0. The number of sulfone groups is 1. The molecular weight excluding hydrogens is 402 g/mol. The minimum absolute atomic E-state index is 0.0446. The predicted octanol–water partition coefficient (Wildman–Crippen LogP) is 2.16. The molecule has 1 aliphatic heterocycles. The lowest BCUT2D eigenvalue weighted by atomic mass is 9.89. The maximum atomic E-state index is 12.7. The van der Waals surface area contributed by atoms with Crippen molar-refractivity contribution >= 4 is 15.6 Å². The number of aromatic nitrogens is 4. The molecule has 0 atom stereocenters. The molecule has 4 rings (SSSR count). The molecule has 3 aromatic rings. The molecule has 2 aromatic carbocycles. The van der Waals surface area contributed by atoms with Crippen molar-refractivity contribution in [1.29, 1.82) is 0 Å². The van der Waals surface area contributed by atoms with Crippen molar-refractivity contribution in [3.8, 4) is 5.69 Å². The number of carbonyl (C=O) groups excluding carboxylic acids is 1. The second kappa shape index (κ2) is 8.45. The van der Waals surface area contributed by atoms with Crippen LogP contribution in [0.15, 0.2) is 59.5 Å². The second-order valence-electron chi connectivity index (χ2n) is 7.55. The Morgan fingerprint density at radius 3 is 2.33 bits per heavy atom. The van der Waals surface area contributed by atoms with Gasteiger partial charge in [-0.1, -0.05) is 30.3 Å². The Balaban J connectivity index is 1.40. The summed E-state index contributed by atoms with van der Waals surface area (Å²) in [5.74, 6) is 0.934. The van der Waals surface area contributed by atoms with E-state index in [2.05, 4.69) is 20.4 Å². The summed E-state index contributed by atoms with van der Waals surface area (Å²) in [6.07, 6.45) is 2.79. The number of hydrogen-bond acceptors (Lipinski definition) is 7. The van der Waals surface area contributed by atoms with E-state index in [1.165, 1.54) is 6.26 Å². The van der Waals surface area contributed by atoms with Gasteiger partial charge in [0.15, 0.2) is 21.4 Å². The zero-order valence-corrected chi connectivity index (χ0v) is 17.5. The maximum Gasteiger partial charge on any atom is 0.175 e. The van der Waals surface area contributed by atoms with Gasteiger partial charge in [0, 0.05) is 17.7 Å². The van der Waals surface area contributed by atoms with Crippen molar-refractivity contribution in [3.63, 3.8) is 0 Å². The fourth-order valence-electron chi connectivity index (χ4n) is 3.73. The molecule has 0 N–H and O–H groups in total. The number of rotatable bonds is 6. The van der Waals surface area contributed by atoms with E-state index in [9.17, 15) is 13.2 Å². The van der Waals surface area contributed by atoms with Crippen LogP contribution in [0.3, 0.4) is 0 Å². The van der Waals surface area contributed by atoms with Crippen LogP contribution < -0.4 is 0 Å². The normalized spacial score (nSPS) is 15.9. The van der Waals surface area contributed by atoms with Crippen LogP contribution in [-0.2, 0) is 16.4 Å². The summed E-state index contributed by atoms with van der Waals surface area (Å²) in [5, 5.41) is 12.0. The number of ketones is 1. The highest BCUT2D eigenvalue weighted by Crippen LogP contribution is 2.23. The van der Waals surface area contributed by atoms with Crippen molar-refractivity contribution < 1.29 is 13.2 Å². The molecule has 0 saturated carbocycles. The van der Waals surface area contributed by atoms with Gasteiger partial charge in [-0.15, -0.1) is 5.10 Å². The number of likely N-dealkylation sites (tertiary alicyclic amines) is 1. The summed E-state index contributed by atoms with van der Waals surface area (Å²) < 4.78 is 24.9. The van der Waals surface area contributed by atoms with E-state index in [0.717, 1.165) is 31.5 Å². The molecular formula is C21H23N5O3S. The zero-order chi connectivity index (χ0) is 21.1. The topological polar surface area (TPSA) is 98.0 Å². The van der Waals surface area contributed by atoms with E-state index in [0.29, 0.717) is 18.1 Å². The lowest BCUT2D eigenvalue weighted by Crippen LogP contribution is -2.36. The Kier molecular flexibility index (Phi) is 5.74. The fraction of sp³-hybridized carbons (Fsp3) is 0.333. The van der Waals surface area contributed by atoms with E-state index in [4.69, 9.17) is 0 Å². The van der Waals surface area contributed by atoms with Crippen molar-refractivity contribution in [2.45, 2.75) is 24.3 Å². The van der Waals surface area contributed by atoms with Gasteiger partial charge in [0.05, 0.1) is 17.1 Å². The second-order valence-corrected chi connectivity index (χ2v) is 9.57. The molecule has 0 radical (unpaired) electrons. The van der Waals surface area contributed by atoms with Gasteiger partial charge < -0.3 is 0 Å². The largest absolute Gasteiger partial charge is 0.296 e. The van der Waals surface area contributed by atoms with Gasteiger partial charge in [0.2, 0.25) is 0 Å². The summed E-state index contributed by atoms with van der Waals surface area (Å²) in [5.41, 5.74) is 1.48. The van der Waals surface area contributed by atoms with Crippen LogP contribution >= 0.6 is 0 Å². The first-order chi connectivity index (χ1) is 14.4. The number of nitrogens with zero attached hydrogens (tertiary/aromatic N) is 5. The number of benzene rings is 2. The number of Topliss-reactive ketones (excluding diaryl/α,β-unsaturated/α-hetero) is 1. The Morgan fingerprint density at radius 2 is 1.70 bits per heavy atom. The number of tetrazole rings is 1. The lowest BCUT2D eigenvalue weighted by molar-refractivity contribution is 0.0832. The van der Waals surface area contributed by atoms with Gasteiger partial charge in [-0.05, 0) is 60.6 Å². The molecule has 0 amide bonds. The standard InChI is InChI=1S/C21H23N5O3S/c1-30(28,29)19-9-7-18(8-10-19)26-20(22-23-24-26)15-25-13-11-17(12-14-25)21(27)16-5-3-2-4-6-16/h2-10,17H,11-15H2,1H3. The molecule has 1 aliphatic rings. The molecule has 1 aromatic heterocycles. The van der Waals surface area contributed by atoms with Crippen LogP contribution in [0.4, 0.5) is 0 Å². The molecule has 30 heavy (non-hydrogen) atoms. The highest BCUT2D eigenvalue weighted by atomic mass is 32.2. The first kappa shape index (κ1) is 20.4. The van der Waals surface area contributed by atoms with Crippen LogP contribution in [0.1, 0.15) is 29.0 Å². The molecule has 2 heterocycles. The number of carbonyl (C=O) groups is 1. The minimum atomic E-state index is -3.25. The average molecular weight is 426 g/mol. The van der Waals surface area contributed by atoms with E-state index < -0.39 is 9.84 Å². The van der Waals surface area contributed by atoms with Crippen LogP contribution in [0.2, 0.25) is 0 Å². The third-order valence-electron chi connectivity index (χ3n) is 5.43. The van der Waals surface area contributed by atoms with Crippen LogP contribution in [0.5, 0.6) is 0 Å². The van der Waals surface area contributed by atoms with Gasteiger partial charge in [-0.2, -0.15) is 4.68 Å². The summed E-state index contributed by atoms with van der Waals surface area (Å²) in [4.78, 5) is 15.2. The first-order valence-corrected chi connectivity index (χ1v) is 11.7. The summed E-state index contributed by atoms with van der Waals surface area (Å²) in [6.45, 7) is 2.15. The van der Waals surface area contributed by atoms with Crippen LogP contribution in [0, 0.1) is 5.92 Å². The SMILES string of the molecule is CS(=O)(=O)c1ccc(-n2nnnc2CN2CCC(C(=O)c3ccccc3)CC2)cc1. The summed E-state index contributed by atoms with van der Waals surface area (Å²) in [6, 6.07) is 15.9. The Labute approximate surface area is 175 Å². The summed E-state index contributed by atoms with van der Waals surface area (Å²) in [7, 11) is -3.25. The Bertz CT molecular complexity index is 1120. The van der Waals surface area contributed by atoms with Crippen molar-refractivity contribution in [2.24, 2.45) is 5.92 Å². The van der Waals surface area contributed by atoms with E-state index >= 15 is 0 Å². The molecule has 9 heteroatoms. The molecule has 156 valence electrons. The molecule has 0 unspecified atom stereocenters. The van der Waals surface area contributed by atoms with Gasteiger partial charge >= 0.3 is 0 Å². The van der Waals surface area contributed by atoms with Gasteiger partial charge in [0.25, 0.3) is 0 Å². The lowest BCUT2D eigenvalue weighted by Gasteiger charge is -2.30. The molecule has 8 nitrogen and oxygen atoms in total. The predicted molar refractivity (Wildman–Crippen MR) is 111 cm³/mol. The Hall–Kier alpha value is -2.91. The zero-order valence-electron chi connectivity index (χ0n) is 16.7. The van der Waals surface area contributed by atoms with Crippen molar-refractivity contribution in [1.82, 2.24) is 25.1 Å². The third-order valence-corrected chi connectivity index (χ3v) is 6.55. The maximum absolute atomic E-state index is 12.7. The molecule has 0 bridgehead atoms. The molecule has 0 aliphatic carbocycles. The fourth-order valence-corrected chi connectivity index (χ4v) is 4.36. The molecule has 0 spiro atoms. The van der Waals surface area contributed by atoms with Gasteiger partial charge in [-0.3, -0.25) is 9.69 Å². The quantitative estimate of drug-likeness (QED) is 0.558. The highest BCUT2D eigenvalue weighted by Gasteiger charge is 2.26. The molecule has 1 fully saturated rings. The van der Waals surface area contributed by atoms with Gasteiger partial charge in [-0.25, -0.2) is 8.42 Å². The van der Waals surface area contributed by atoms with Crippen molar-refractivity contribution in [3.05, 3.63) is 66.0 Å². The van der Waals surface area contributed by atoms with E-state index in [1.807, 2.05) is 30.3 Å². The van der Waals surface area contributed by atoms with Crippen LogP contribution in [-0.4, -0.2) is 58.7 Å². The van der Waals surface area contributed by atoms with Crippen LogP contribution in [0.25, 0.3) is 5.69 Å². The van der Waals surface area contributed by atoms with Crippen molar-refractivity contribution in [2.75, 3.05) is 19.3 Å². The van der Waals surface area contributed by atoms with E-state index in [-0.39, 0.29) is 16.6 Å². The highest BCUT2D eigenvalue weighted by molar-refractivity contribution is 7.90. The smallest absolute Gasteiger partial charge is 0.175 e. The third kappa shape index (κ3) is 4.47. The number of hydrogen-bond donors (Lipinski definition) is 0.